The van der Waals surface area contributed by atoms with E-state index in [2.05, 4.69) is 5.32 Å². The Morgan fingerprint density at radius 1 is 1.11 bits per heavy atom. The van der Waals surface area contributed by atoms with Gasteiger partial charge in [0.25, 0.3) is 0 Å². The van der Waals surface area contributed by atoms with E-state index in [0.717, 1.165) is 18.4 Å². The number of ether oxygens (including phenoxy) is 1. The Balaban J connectivity index is 1.61. The lowest BCUT2D eigenvalue weighted by molar-refractivity contribution is -0.142. The molecule has 1 aromatic carbocycles. The molecule has 2 aliphatic heterocycles. The van der Waals surface area contributed by atoms with Crippen LogP contribution in [0.2, 0.25) is 5.02 Å². The molecule has 3 aliphatic rings. The molecule has 1 aromatic rings. The van der Waals surface area contributed by atoms with Crippen molar-refractivity contribution in [2.24, 2.45) is 11.3 Å². The third-order valence-corrected chi connectivity index (χ3v) is 8.21. The van der Waals surface area contributed by atoms with Crippen LogP contribution in [0.4, 0.5) is 4.79 Å². The van der Waals surface area contributed by atoms with Gasteiger partial charge in [0.15, 0.2) is 5.78 Å². The molecule has 35 heavy (non-hydrogen) atoms. The van der Waals surface area contributed by atoms with E-state index in [0.29, 0.717) is 44.0 Å². The maximum absolute atomic E-state index is 14.4. The lowest BCUT2D eigenvalue weighted by Crippen LogP contribution is -2.62. The van der Waals surface area contributed by atoms with E-state index in [1.807, 2.05) is 56.9 Å². The third-order valence-electron chi connectivity index (χ3n) is 7.95. The Kier molecular flexibility index (Phi) is 6.97. The minimum atomic E-state index is -1.09. The van der Waals surface area contributed by atoms with Gasteiger partial charge in [0.2, 0.25) is 5.91 Å². The first-order chi connectivity index (χ1) is 16.4. The molecule has 1 N–H and O–H groups in total. The molecule has 1 saturated carbocycles. The molecule has 2 heterocycles. The van der Waals surface area contributed by atoms with E-state index < -0.39 is 17.2 Å². The fraction of sp³-hybridized carbons (Fsp3) is 0.667. The molecule has 2 saturated heterocycles. The minimum absolute atomic E-state index is 0.0422. The number of hydrogen-bond acceptors (Lipinski definition) is 5. The molecule has 0 radical (unpaired) electrons. The van der Waals surface area contributed by atoms with Crippen LogP contribution in [0.5, 0.6) is 0 Å². The molecule has 0 unspecified atom stereocenters. The molecule has 192 valence electrons. The van der Waals surface area contributed by atoms with Crippen molar-refractivity contribution in [1.82, 2.24) is 15.1 Å². The van der Waals surface area contributed by atoms with Gasteiger partial charge < -0.3 is 15.0 Å². The van der Waals surface area contributed by atoms with Gasteiger partial charge in [-0.1, -0.05) is 30.7 Å². The van der Waals surface area contributed by atoms with Gasteiger partial charge in [0.1, 0.15) is 11.1 Å². The van der Waals surface area contributed by atoms with Crippen LogP contribution in [0.25, 0.3) is 0 Å². The number of amides is 2. The van der Waals surface area contributed by atoms with Crippen LogP contribution in [0.1, 0.15) is 64.9 Å². The molecule has 3 fully saturated rings. The molecule has 1 aliphatic carbocycles. The molecular weight excluding hydrogens is 466 g/mol. The maximum Gasteiger partial charge on any atom is 0.410 e. The van der Waals surface area contributed by atoms with Crippen molar-refractivity contribution in [3.05, 3.63) is 34.9 Å². The van der Waals surface area contributed by atoms with Crippen LogP contribution < -0.4 is 5.32 Å². The van der Waals surface area contributed by atoms with Gasteiger partial charge in [0.05, 0.1) is 0 Å². The summed E-state index contributed by atoms with van der Waals surface area (Å²) in [6.07, 6.45) is 2.60. The van der Waals surface area contributed by atoms with Crippen LogP contribution in [0, 0.1) is 11.3 Å². The molecule has 0 spiro atoms. The number of nitrogens with one attached hydrogen (secondary N) is 1. The predicted molar refractivity (Wildman–Crippen MR) is 135 cm³/mol. The molecule has 7 nitrogen and oxygen atoms in total. The van der Waals surface area contributed by atoms with Crippen molar-refractivity contribution >= 4 is 29.4 Å². The summed E-state index contributed by atoms with van der Waals surface area (Å²) >= 11 is 6.14. The van der Waals surface area contributed by atoms with Crippen LogP contribution in [-0.2, 0) is 14.3 Å². The summed E-state index contributed by atoms with van der Waals surface area (Å²) in [6.45, 7) is 9.57. The SMILES string of the molecule is CN(C(=O)OC(C)(C)C)[C@@]1(C(=O)C2CCN(C(=O)C3(C)CC3)CC2)CNC[C@@H]1c1ccc(Cl)cc1. The first-order valence-electron chi connectivity index (χ1n) is 12.6. The fourth-order valence-electron chi connectivity index (χ4n) is 5.54. The Labute approximate surface area is 213 Å². The highest BCUT2D eigenvalue weighted by molar-refractivity contribution is 6.30. The van der Waals surface area contributed by atoms with Crippen LogP contribution in [0.3, 0.4) is 0 Å². The highest BCUT2D eigenvalue weighted by atomic mass is 35.5. The summed E-state index contributed by atoms with van der Waals surface area (Å²) in [6, 6.07) is 7.51. The number of hydrogen-bond donors (Lipinski definition) is 1. The predicted octanol–water partition coefficient (Wildman–Crippen LogP) is 4.24. The van der Waals surface area contributed by atoms with Crippen molar-refractivity contribution in [2.45, 2.75) is 70.4 Å². The molecular formula is C27H38ClN3O4. The number of piperidine rings is 1. The Morgan fingerprint density at radius 3 is 2.26 bits per heavy atom. The average molecular weight is 504 g/mol. The number of carbonyl (C=O) groups is 3. The fourth-order valence-corrected chi connectivity index (χ4v) is 5.66. The zero-order chi connectivity index (χ0) is 25.6. The topological polar surface area (TPSA) is 79.0 Å². The van der Waals surface area contributed by atoms with Gasteiger partial charge in [-0.15, -0.1) is 0 Å². The minimum Gasteiger partial charge on any atom is -0.444 e. The molecule has 4 rings (SSSR count). The van der Waals surface area contributed by atoms with Crippen molar-refractivity contribution in [3.8, 4) is 0 Å². The van der Waals surface area contributed by atoms with Gasteiger partial charge >= 0.3 is 6.09 Å². The molecule has 2 amide bonds. The second-order valence-electron chi connectivity index (χ2n) is 11.7. The van der Waals surface area contributed by atoms with E-state index in [1.165, 1.54) is 4.90 Å². The standard InChI is InChI=1S/C27H38ClN3O4/c1-25(2,3)35-24(34)30(5)27(17-29-16-21(27)18-6-8-20(28)9-7-18)22(32)19-10-14-31(15-11-19)23(33)26(4)12-13-26/h6-9,19,21,29H,10-17H2,1-5H3/t21-,27+/m1/s1. The van der Waals surface area contributed by atoms with Crippen molar-refractivity contribution in [2.75, 3.05) is 33.2 Å². The second kappa shape index (κ2) is 9.40. The Bertz CT molecular complexity index is 977. The number of likely N-dealkylation sites (N-methyl/N-ethyl adjacent to an activating group) is 1. The summed E-state index contributed by atoms with van der Waals surface area (Å²) in [4.78, 5) is 43.9. The quantitative estimate of drug-likeness (QED) is 0.650. The lowest BCUT2D eigenvalue weighted by Gasteiger charge is -2.45. The number of benzene rings is 1. The van der Waals surface area contributed by atoms with E-state index in [1.54, 1.807) is 7.05 Å². The largest absolute Gasteiger partial charge is 0.444 e. The first-order valence-corrected chi connectivity index (χ1v) is 13.0. The van der Waals surface area contributed by atoms with Gasteiger partial charge in [-0.3, -0.25) is 14.5 Å². The van der Waals surface area contributed by atoms with Gasteiger partial charge in [-0.05, 0) is 64.2 Å². The van der Waals surface area contributed by atoms with Gasteiger partial charge in [-0.25, -0.2) is 4.79 Å². The van der Waals surface area contributed by atoms with Crippen molar-refractivity contribution in [3.63, 3.8) is 0 Å². The summed E-state index contributed by atoms with van der Waals surface area (Å²) in [5.74, 6) is -0.216. The van der Waals surface area contributed by atoms with Crippen LogP contribution in [-0.4, -0.2) is 72.0 Å². The van der Waals surface area contributed by atoms with Gasteiger partial charge in [0, 0.05) is 55.5 Å². The summed E-state index contributed by atoms with van der Waals surface area (Å²) in [5, 5.41) is 4.01. The second-order valence-corrected chi connectivity index (χ2v) is 12.1. The van der Waals surface area contributed by atoms with Crippen molar-refractivity contribution in [1.29, 1.82) is 0 Å². The summed E-state index contributed by atoms with van der Waals surface area (Å²) in [7, 11) is 1.68. The van der Waals surface area contributed by atoms with Crippen LogP contribution >= 0.6 is 11.6 Å². The monoisotopic (exact) mass is 503 g/mol. The van der Waals surface area contributed by atoms with E-state index in [-0.39, 0.29) is 28.9 Å². The molecule has 8 heteroatoms. The van der Waals surface area contributed by atoms with E-state index in [9.17, 15) is 14.4 Å². The zero-order valence-electron chi connectivity index (χ0n) is 21.5. The number of Topliss-reactive ketones (excluding diaryl/α,β-unsaturated/α-hetero) is 1. The first kappa shape index (κ1) is 26.0. The lowest BCUT2D eigenvalue weighted by atomic mass is 9.72. The van der Waals surface area contributed by atoms with Crippen molar-refractivity contribution < 1.29 is 19.1 Å². The highest BCUT2D eigenvalue weighted by Crippen LogP contribution is 2.47. The number of likely N-dealkylation sites (tertiary alicyclic amines) is 1. The number of carbonyl (C=O) groups excluding carboxylic acids is 3. The zero-order valence-corrected chi connectivity index (χ0v) is 22.3. The molecule has 2 atom stereocenters. The Hall–Kier alpha value is -2.12. The summed E-state index contributed by atoms with van der Waals surface area (Å²) < 4.78 is 5.70. The number of ketones is 1. The number of rotatable bonds is 5. The third kappa shape index (κ3) is 5.08. The van der Waals surface area contributed by atoms with Crippen LogP contribution in [0.15, 0.2) is 24.3 Å². The number of halogens is 1. The normalized spacial score (nSPS) is 26.3. The van der Waals surface area contributed by atoms with Gasteiger partial charge in [-0.2, -0.15) is 0 Å². The number of nitrogens with zero attached hydrogens (tertiary/aromatic N) is 2. The smallest absolute Gasteiger partial charge is 0.410 e. The summed E-state index contributed by atoms with van der Waals surface area (Å²) in [5.41, 5.74) is -1.01. The highest BCUT2D eigenvalue weighted by Gasteiger charge is 2.57. The average Bonchev–Trinajstić information content (AvgIpc) is 3.41. The molecule has 0 aromatic heterocycles. The van der Waals surface area contributed by atoms with E-state index in [4.69, 9.17) is 16.3 Å². The Morgan fingerprint density at radius 2 is 1.71 bits per heavy atom. The molecule has 0 bridgehead atoms. The maximum atomic E-state index is 14.4. The van der Waals surface area contributed by atoms with E-state index >= 15 is 0 Å².